The monoisotopic (exact) mass is 267 g/mol. The van der Waals surface area contributed by atoms with Gasteiger partial charge in [0.25, 0.3) is 0 Å². The van der Waals surface area contributed by atoms with E-state index in [4.69, 9.17) is 4.74 Å². The van der Waals surface area contributed by atoms with Crippen LogP contribution >= 0.6 is 0 Å². The molecule has 4 nitrogen and oxygen atoms in total. The van der Waals surface area contributed by atoms with E-state index in [0.29, 0.717) is 6.04 Å². The Balaban J connectivity index is 1.74. The average Bonchev–Trinajstić information content (AvgIpc) is 3.12. The highest BCUT2D eigenvalue weighted by Crippen LogP contribution is 2.29. The summed E-state index contributed by atoms with van der Waals surface area (Å²) in [6.07, 6.45) is 4.99. The van der Waals surface area contributed by atoms with E-state index >= 15 is 0 Å². The van der Waals surface area contributed by atoms with Crippen molar-refractivity contribution in [2.75, 3.05) is 33.4 Å². The Labute approximate surface area is 117 Å². The maximum Gasteiger partial charge on any atom is 0.193 e. The molecule has 110 valence electrons. The molecule has 1 aliphatic heterocycles. The number of guanidine groups is 1. The summed E-state index contributed by atoms with van der Waals surface area (Å²) in [4.78, 5) is 6.90. The van der Waals surface area contributed by atoms with Gasteiger partial charge in [-0.15, -0.1) is 0 Å². The minimum atomic E-state index is 0.649. The van der Waals surface area contributed by atoms with Crippen LogP contribution in [-0.4, -0.2) is 50.3 Å². The smallest absolute Gasteiger partial charge is 0.193 e. The normalized spacial score (nSPS) is 28.3. The second kappa shape index (κ2) is 7.13. The van der Waals surface area contributed by atoms with Gasteiger partial charge in [0.1, 0.15) is 0 Å². The zero-order valence-electron chi connectivity index (χ0n) is 12.7. The van der Waals surface area contributed by atoms with Crippen LogP contribution in [0.1, 0.15) is 39.5 Å². The van der Waals surface area contributed by atoms with E-state index in [2.05, 4.69) is 36.1 Å². The number of hydrogen-bond donors (Lipinski definition) is 1. The first-order chi connectivity index (χ1) is 9.20. The van der Waals surface area contributed by atoms with Crippen molar-refractivity contribution in [3.8, 4) is 0 Å². The van der Waals surface area contributed by atoms with Gasteiger partial charge < -0.3 is 15.0 Å². The molecule has 1 saturated heterocycles. The Kier molecular flexibility index (Phi) is 5.49. The molecule has 0 radical (unpaired) electrons. The Hall–Kier alpha value is -0.770. The topological polar surface area (TPSA) is 36.9 Å². The van der Waals surface area contributed by atoms with Crippen LogP contribution in [-0.2, 0) is 4.74 Å². The van der Waals surface area contributed by atoms with E-state index in [1.165, 1.54) is 25.7 Å². The van der Waals surface area contributed by atoms with Crippen molar-refractivity contribution in [1.29, 1.82) is 0 Å². The molecule has 0 bridgehead atoms. The SMILES string of the molecule is CCN=C(NC1CC1C)N(C)CCC1CCOCC1. The predicted octanol–water partition coefficient (Wildman–Crippen LogP) is 2.11. The second-order valence-electron chi connectivity index (χ2n) is 6.03. The number of ether oxygens (including phenoxy) is 1. The Morgan fingerprint density at radius 3 is 2.63 bits per heavy atom. The highest BCUT2D eigenvalue weighted by Gasteiger charge is 2.33. The van der Waals surface area contributed by atoms with Gasteiger partial charge in [-0.2, -0.15) is 0 Å². The van der Waals surface area contributed by atoms with Gasteiger partial charge in [-0.3, -0.25) is 4.99 Å². The minimum Gasteiger partial charge on any atom is -0.381 e. The molecule has 2 aliphatic rings. The number of rotatable bonds is 5. The molecular formula is C15H29N3O. The molecule has 2 unspecified atom stereocenters. The predicted molar refractivity (Wildman–Crippen MR) is 79.5 cm³/mol. The largest absolute Gasteiger partial charge is 0.381 e. The van der Waals surface area contributed by atoms with Crippen LogP contribution in [0.2, 0.25) is 0 Å². The maximum atomic E-state index is 5.42. The van der Waals surface area contributed by atoms with E-state index in [0.717, 1.165) is 44.1 Å². The van der Waals surface area contributed by atoms with E-state index in [1.807, 2.05) is 0 Å². The molecule has 1 heterocycles. The summed E-state index contributed by atoms with van der Waals surface area (Å²) in [5, 5.41) is 3.58. The van der Waals surface area contributed by atoms with Gasteiger partial charge in [0.2, 0.25) is 0 Å². The van der Waals surface area contributed by atoms with Crippen molar-refractivity contribution in [2.45, 2.75) is 45.6 Å². The molecule has 0 aromatic rings. The zero-order chi connectivity index (χ0) is 13.7. The molecule has 19 heavy (non-hydrogen) atoms. The fourth-order valence-electron chi connectivity index (χ4n) is 2.63. The fourth-order valence-corrected chi connectivity index (χ4v) is 2.63. The van der Waals surface area contributed by atoms with Crippen LogP contribution in [0.25, 0.3) is 0 Å². The van der Waals surface area contributed by atoms with E-state index < -0.39 is 0 Å². The number of nitrogens with zero attached hydrogens (tertiary/aromatic N) is 2. The molecule has 1 saturated carbocycles. The maximum absolute atomic E-state index is 5.42. The zero-order valence-corrected chi connectivity index (χ0v) is 12.7. The first kappa shape index (κ1) is 14.6. The molecule has 4 heteroatoms. The van der Waals surface area contributed by atoms with Crippen molar-refractivity contribution in [1.82, 2.24) is 10.2 Å². The molecule has 2 atom stereocenters. The fraction of sp³-hybridized carbons (Fsp3) is 0.933. The molecule has 0 spiro atoms. The van der Waals surface area contributed by atoms with Gasteiger partial charge in [-0.25, -0.2) is 0 Å². The standard InChI is InChI=1S/C15H29N3O/c1-4-16-15(17-14-11-12(14)2)18(3)8-5-13-6-9-19-10-7-13/h12-14H,4-11H2,1-3H3,(H,16,17). The summed E-state index contributed by atoms with van der Waals surface area (Å²) >= 11 is 0. The van der Waals surface area contributed by atoms with Crippen LogP contribution in [0.15, 0.2) is 4.99 Å². The van der Waals surface area contributed by atoms with Crippen molar-refractivity contribution >= 4 is 5.96 Å². The lowest BCUT2D eigenvalue weighted by atomic mass is 9.96. The molecule has 2 fully saturated rings. The van der Waals surface area contributed by atoms with Crippen LogP contribution < -0.4 is 5.32 Å². The number of hydrogen-bond acceptors (Lipinski definition) is 2. The van der Waals surface area contributed by atoms with Crippen LogP contribution in [0.3, 0.4) is 0 Å². The van der Waals surface area contributed by atoms with Gasteiger partial charge in [-0.05, 0) is 44.4 Å². The van der Waals surface area contributed by atoms with Crippen molar-refractivity contribution in [3.05, 3.63) is 0 Å². The van der Waals surface area contributed by atoms with E-state index in [-0.39, 0.29) is 0 Å². The van der Waals surface area contributed by atoms with Crippen molar-refractivity contribution in [3.63, 3.8) is 0 Å². The Morgan fingerprint density at radius 2 is 2.05 bits per heavy atom. The Morgan fingerprint density at radius 1 is 1.37 bits per heavy atom. The van der Waals surface area contributed by atoms with E-state index in [9.17, 15) is 0 Å². The number of nitrogens with one attached hydrogen (secondary N) is 1. The molecule has 0 amide bonds. The third-order valence-corrected chi connectivity index (χ3v) is 4.31. The van der Waals surface area contributed by atoms with Crippen molar-refractivity contribution < 1.29 is 4.74 Å². The molecule has 0 aromatic heterocycles. The first-order valence-electron chi connectivity index (χ1n) is 7.80. The molecular weight excluding hydrogens is 238 g/mol. The first-order valence-corrected chi connectivity index (χ1v) is 7.80. The highest BCUT2D eigenvalue weighted by atomic mass is 16.5. The summed E-state index contributed by atoms with van der Waals surface area (Å²) in [5.74, 6) is 2.73. The van der Waals surface area contributed by atoms with E-state index in [1.54, 1.807) is 0 Å². The summed E-state index contributed by atoms with van der Waals surface area (Å²) < 4.78 is 5.42. The lowest BCUT2D eigenvalue weighted by molar-refractivity contribution is 0.0625. The van der Waals surface area contributed by atoms with Gasteiger partial charge in [0.15, 0.2) is 5.96 Å². The lowest BCUT2D eigenvalue weighted by Crippen LogP contribution is -2.41. The third-order valence-electron chi connectivity index (χ3n) is 4.31. The van der Waals surface area contributed by atoms with Crippen LogP contribution in [0.4, 0.5) is 0 Å². The summed E-state index contributed by atoms with van der Waals surface area (Å²) in [7, 11) is 2.16. The van der Waals surface area contributed by atoms with Crippen molar-refractivity contribution in [2.24, 2.45) is 16.8 Å². The number of aliphatic imine (C=N–C) groups is 1. The molecule has 1 aliphatic carbocycles. The summed E-state index contributed by atoms with van der Waals surface area (Å²) in [6, 6.07) is 0.649. The van der Waals surface area contributed by atoms with Gasteiger partial charge in [0, 0.05) is 39.4 Å². The van der Waals surface area contributed by atoms with Gasteiger partial charge in [-0.1, -0.05) is 6.92 Å². The Bertz CT molecular complexity index is 300. The third kappa shape index (κ3) is 4.68. The highest BCUT2D eigenvalue weighted by molar-refractivity contribution is 5.80. The summed E-state index contributed by atoms with van der Waals surface area (Å²) in [5.41, 5.74) is 0. The molecule has 2 rings (SSSR count). The van der Waals surface area contributed by atoms with Gasteiger partial charge in [0.05, 0.1) is 0 Å². The molecule has 1 N–H and O–H groups in total. The summed E-state index contributed by atoms with van der Waals surface area (Å²) in [6.45, 7) is 8.24. The van der Waals surface area contributed by atoms with Gasteiger partial charge >= 0.3 is 0 Å². The minimum absolute atomic E-state index is 0.649. The second-order valence-corrected chi connectivity index (χ2v) is 6.03. The quantitative estimate of drug-likeness (QED) is 0.612. The van der Waals surface area contributed by atoms with Crippen LogP contribution in [0, 0.1) is 11.8 Å². The molecule has 0 aromatic carbocycles. The lowest BCUT2D eigenvalue weighted by Gasteiger charge is -2.27. The average molecular weight is 267 g/mol. The van der Waals surface area contributed by atoms with Crippen LogP contribution in [0.5, 0.6) is 0 Å².